The molecule has 120 valence electrons. The van der Waals surface area contributed by atoms with Crippen LogP contribution in [-0.2, 0) is 4.74 Å². The highest BCUT2D eigenvalue weighted by Crippen LogP contribution is 2.35. The molecule has 1 aromatic carbocycles. The number of aromatic nitrogens is 6. The first-order valence-electron chi connectivity index (χ1n) is 7.75. The lowest BCUT2D eigenvalue weighted by atomic mass is 10.2. The van der Waals surface area contributed by atoms with Crippen molar-refractivity contribution in [2.24, 2.45) is 0 Å². The van der Waals surface area contributed by atoms with Crippen LogP contribution in [0.15, 0.2) is 30.5 Å². The molecular weight excluding hydrogens is 308 g/mol. The molecule has 4 heterocycles. The summed E-state index contributed by atoms with van der Waals surface area (Å²) < 4.78 is 7.09. The van der Waals surface area contributed by atoms with E-state index in [9.17, 15) is 0 Å². The number of morpholine rings is 1. The number of nitrogens with zero attached hydrogens (tertiary/aromatic N) is 7. The van der Waals surface area contributed by atoms with Gasteiger partial charge in [0.05, 0.1) is 30.2 Å². The standard InChI is InChI=1S/C15H14N8O/c1-2-4-12-11(3-1)17-13-10(14-19-20-21-23(12)14)9-16-15(18-13)22-5-7-24-8-6-22/h1-4,9H,5-8H2,(H,16,17,18). The SMILES string of the molecule is c1ccc2c(c1)Nc1nc(N3CCOCC3)ncc1-c1nnnn1-2. The summed E-state index contributed by atoms with van der Waals surface area (Å²) in [5.41, 5.74) is 2.55. The number of fused-ring (bicyclic) bond motifs is 5. The van der Waals surface area contributed by atoms with Gasteiger partial charge >= 0.3 is 0 Å². The van der Waals surface area contributed by atoms with Crippen molar-refractivity contribution >= 4 is 17.5 Å². The second-order valence-electron chi connectivity index (χ2n) is 5.59. The summed E-state index contributed by atoms with van der Waals surface area (Å²) in [6.07, 6.45) is 1.77. The van der Waals surface area contributed by atoms with E-state index in [2.05, 4.69) is 30.7 Å². The number of hydrogen-bond acceptors (Lipinski definition) is 8. The zero-order valence-electron chi connectivity index (χ0n) is 12.8. The molecular formula is C15H14N8O. The fourth-order valence-corrected chi connectivity index (χ4v) is 2.96. The number of tetrazole rings is 1. The van der Waals surface area contributed by atoms with Crippen LogP contribution in [0.3, 0.4) is 0 Å². The maximum atomic E-state index is 5.39. The smallest absolute Gasteiger partial charge is 0.227 e. The Hall–Kier alpha value is -3.07. The summed E-state index contributed by atoms with van der Waals surface area (Å²) >= 11 is 0. The van der Waals surface area contributed by atoms with Gasteiger partial charge in [-0.1, -0.05) is 12.1 Å². The van der Waals surface area contributed by atoms with Crippen LogP contribution >= 0.6 is 0 Å². The quantitative estimate of drug-likeness (QED) is 0.555. The largest absolute Gasteiger partial charge is 0.378 e. The highest BCUT2D eigenvalue weighted by molar-refractivity contribution is 5.81. The number of hydrogen-bond donors (Lipinski definition) is 1. The zero-order chi connectivity index (χ0) is 15.9. The molecule has 1 N–H and O–H groups in total. The van der Waals surface area contributed by atoms with Crippen molar-refractivity contribution in [3.63, 3.8) is 0 Å². The van der Waals surface area contributed by atoms with Crippen molar-refractivity contribution in [3.8, 4) is 17.1 Å². The Labute approximate surface area is 137 Å². The van der Waals surface area contributed by atoms with Crippen LogP contribution in [0, 0.1) is 0 Å². The molecule has 0 spiro atoms. The van der Waals surface area contributed by atoms with E-state index < -0.39 is 0 Å². The van der Waals surface area contributed by atoms with Crippen LogP contribution in [0.2, 0.25) is 0 Å². The van der Waals surface area contributed by atoms with Crippen LogP contribution in [0.5, 0.6) is 0 Å². The number of benzene rings is 1. The summed E-state index contributed by atoms with van der Waals surface area (Å²) in [6.45, 7) is 2.95. The molecule has 0 unspecified atom stereocenters. The molecule has 0 aliphatic carbocycles. The minimum Gasteiger partial charge on any atom is -0.378 e. The Kier molecular flexibility index (Phi) is 2.92. The van der Waals surface area contributed by atoms with Gasteiger partial charge in [0.2, 0.25) is 5.95 Å². The van der Waals surface area contributed by atoms with Gasteiger partial charge in [-0.05, 0) is 22.6 Å². The first kappa shape index (κ1) is 13.4. The topological polar surface area (TPSA) is 93.9 Å². The first-order valence-corrected chi connectivity index (χ1v) is 7.75. The molecule has 0 radical (unpaired) electrons. The fourth-order valence-electron chi connectivity index (χ4n) is 2.96. The van der Waals surface area contributed by atoms with E-state index in [1.165, 1.54) is 0 Å². The molecule has 1 fully saturated rings. The second kappa shape index (κ2) is 5.24. The Morgan fingerprint density at radius 2 is 2.00 bits per heavy atom. The number of nitrogens with one attached hydrogen (secondary N) is 1. The van der Waals surface area contributed by atoms with Crippen LogP contribution in [0.1, 0.15) is 0 Å². The number of para-hydroxylation sites is 2. The summed E-state index contributed by atoms with van der Waals surface area (Å²) in [5.74, 6) is 2.01. The second-order valence-corrected chi connectivity index (χ2v) is 5.59. The Morgan fingerprint density at radius 1 is 1.12 bits per heavy atom. The molecule has 1 saturated heterocycles. The number of rotatable bonds is 1. The lowest BCUT2D eigenvalue weighted by Crippen LogP contribution is -2.37. The number of ether oxygens (including phenoxy) is 1. The molecule has 0 saturated carbocycles. The van der Waals surface area contributed by atoms with Crippen molar-refractivity contribution in [3.05, 3.63) is 30.5 Å². The van der Waals surface area contributed by atoms with Gasteiger partial charge in [0.1, 0.15) is 5.82 Å². The third-order valence-corrected chi connectivity index (χ3v) is 4.17. The summed E-state index contributed by atoms with van der Waals surface area (Å²) in [6, 6.07) is 7.86. The predicted octanol–water partition coefficient (Wildman–Crippen LogP) is 1.01. The van der Waals surface area contributed by atoms with Gasteiger partial charge in [-0.3, -0.25) is 0 Å². The molecule has 2 aliphatic heterocycles. The van der Waals surface area contributed by atoms with Crippen LogP contribution in [0.4, 0.5) is 17.5 Å². The molecule has 9 heteroatoms. The van der Waals surface area contributed by atoms with Gasteiger partial charge in [0.15, 0.2) is 5.82 Å². The average Bonchev–Trinajstić information content (AvgIpc) is 3.08. The van der Waals surface area contributed by atoms with E-state index in [4.69, 9.17) is 9.72 Å². The maximum absolute atomic E-state index is 5.39. The maximum Gasteiger partial charge on any atom is 0.227 e. The molecule has 0 atom stereocenters. The minimum atomic E-state index is 0.621. The lowest BCUT2D eigenvalue weighted by molar-refractivity contribution is 0.122. The molecule has 2 aromatic heterocycles. The highest BCUT2D eigenvalue weighted by atomic mass is 16.5. The van der Waals surface area contributed by atoms with Crippen molar-refractivity contribution in [2.45, 2.75) is 0 Å². The summed E-state index contributed by atoms with van der Waals surface area (Å²) in [5, 5.41) is 15.4. The lowest BCUT2D eigenvalue weighted by Gasteiger charge is -2.27. The Bertz CT molecular complexity index is 902. The molecule has 3 aromatic rings. The minimum absolute atomic E-state index is 0.621. The summed E-state index contributed by atoms with van der Waals surface area (Å²) in [7, 11) is 0. The Balaban J connectivity index is 1.66. The van der Waals surface area contributed by atoms with E-state index in [-0.39, 0.29) is 0 Å². The van der Waals surface area contributed by atoms with Gasteiger partial charge in [-0.2, -0.15) is 9.67 Å². The van der Waals surface area contributed by atoms with Crippen molar-refractivity contribution < 1.29 is 4.74 Å². The van der Waals surface area contributed by atoms with Gasteiger partial charge in [0.25, 0.3) is 0 Å². The van der Waals surface area contributed by atoms with E-state index in [0.29, 0.717) is 30.8 Å². The molecule has 0 bridgehead atoms. The van der Waals surface area contributed by atoms with Crippen molar-refractivity contribution in [2.75, 3.05) is 36.5 Å². The molecule has 24 heavy (non-hydrogen) atoms. The Morgan fingerprint density at radius 3 is 2.92 bits per heavy atom. The van der Waals surface area contributed by atoms with E-state index in [1.807, 2.05) is 24.3 Å². The van der Waals surface area contributed by atoms with E-state index in [1.54, 1.807) is 10.9 Å². The fraction of sp³-hybridized carbons (Fsp3) is 0.267. The third kappa shape index (κ3) is 2.02. The normalized spacial score (nSPS) is 15.8. The first-order chi connectivity index (χ1) is 11.9. The van der Waals surface area contributed by atoms with Gasteiger partial charge in [0, 0.05) is 19.3 Å². The van der Waals surface area contributed by atoms with E-state index >= 15 is 0 Å². The predicted molar refractivity (Wildman–Crippen MR) is 86.5 cm³/mol. The van der Waals surface area contributed by atoms with Crippen LogP contribution < -0.4 is 10.2 Å². The molecule has 0 amide bonds. The average molecular weight is 322 g/mol. The van der Waals surface area contributed by atoms with Gasteiger partial charge < -0.3 is 15.0 Å². The zero-order valence-corrected chi connectivity index (χ0v) is 12.8. The van der Waals surface area contributed by atoms with Crippen LogP contribution in [-0.4, -0.2) is 56.5 Å². The van der Waals surface area contributed by atoms with Crippen molar-refractivity contribution in [1.29, 1.82) is 0 Å². The third-order valence-electron chi connectivity index (χ3n) is 4.17. The van der Waals surface area contributed by atoms with Gasteiger partial charge in [-0.25, -0.2) is 4.98 Å². The van der Waals surface area contributed by atoms with E-state index in [0.717, 1.165) is 30.0 Å². The van der Waals surface area contributed by atoms with Gasteiger partial charge in [-0.15, -0.1) is 5.10 Å². The molecule has 2 aliphatic rings. The molecule has 5 rings (SSSR count). The highest BCUT2D eigenvalue weighted by Gasteiger charge is 2.24. The monoisotopic (exact) mass is 322 g/mol. The number of anilines is 3. The summed E-state index contributed by atoms with van der Waals surface area (Å²) in [4.78, 5) is 11.3. The van der Waals surface area contributed by atoms with Crippen LogP contribution in [0.25, 0.3) is 17.1 Å². The van der Waals surface area contributed by atoms with Crippen molar-refractivity contribution in [1.82, 2.24) is 30.2 Å². The molecule has 9 nitrogen and oxygen atoms in total.